The van der Waals surface area contributed by atoms with Crippen LogP contribution in [0, 0.1) is 13.8 Å². The highest BCUT2D eigenvalue weighted by atomic mass is 16.5. The number of Topliss-reactive ketones (excluding diaryl/α,β-unsaturated/α-hetero) is 1. The molecule has 1 N–H and O–H groups in total. The molecule has 0 saturated heterocycles. The van der Waals surface area contributed by atoms with Crippen LogP contribution in [0.5, 0.6) is 0 Å². The van der Waals surface area contributed by atoms with E-state index < -0.39 is 5.97 Å². The third-order valence-corrected chi connectivity index (χ3v) is 3.87. The first kappa shape index (κ1) is 17.5. The fraction of sp³-hybridized carbons (Fsp3) is 0.200. The second kappa shape index (κ2) is 7.59. The molecule has 0 atom stereocenters. The quantitative estimate of drug-likeness (QED) is 0.296. The van der Waals surface area contributed by atoms with Crippen LogP contribution in [0.3, 0.4) is 0 Å². The number of esters is 1. The van der Waals surface area contributed by atoms with E-state index in [-0.39, 0.29) is 11.4 Å². The van der Waals surface area contributed by atoms with Crippen molar-refractivity contribution < 1.29 is 14.3 Å². The first-order valence-electron chi connectivity index (χ1n) is 7.67. The van der Waals surface area contributed by atoms with Crippen LogP contribution in [0.15, 0.2) is 59.8 Å². The number of hydrogen-bond donors (Lipinski definition) is 1. The van der Waals surface area contributed by atoms with Crippen molar-refractivity contribution in [3.05, 3.63) is 76.5 Å². The van der Waals surface area contributed by atoms with E-state index in [2.05, 4.69) is 5.32 Å². The molecule has 2 aromatic rings. The zero-order chi connectivity index (χ0) is 17.7. The number of benzene rings is 2. The normalized spacial score (nSPS) is 11.5. The third kappa shape index (κ3) is 3.90. The first-order chi connectivity index (χ1) is 11.4. The van der Waals surface area contributed by atoms with Gasteiger partial charge < -0.3 is 10.1 Å². The summed E-state index contributed by atoms with van der Waals surface area (Å²) in [7, 11) is 1.27. The molecule has 124 valence electrons. The summed E-state index contributed by atoms with van der Waals surface area (Å²) in [5, 5.41) is 3.09. The summed E-state index contributed by atoms with van der Waals surface area (Å²) in [6, 6.07) is 14.7. The molecule has 24 heavy (non-hydrogen) atoms. The minimum Gasteiger partial charge on any atom is -0.465 e. The Kier molecular flexibility index (Phi) is 5.53. The van der Waals surface area contributed by atoms with Crippen molar-refractivity contribution >= 4 is 17.4 Å². The Morgan fingerprint density at radius 1 is 0.958 bits per heavy atom. The van der Waals surface area contributed by atoms with Gasteiger partial charge in [-0.2, -0.15) is 0 Å². The summed E-state index contributed by atoms with van der Waals surface area (Å²) >= 11 is 0. The minimum absolute atomic E-state index is 0.00426. The molecule has 0 aliphatic rings. The van der Waals surface area contributed by atoms with E-state index >= 15 is 0 Å². The first-order valence-corrected chi connectivity index (χ1v) is 7.67. The predicted molar refractivity (Wildman–Crippen MR) is 95.0 cm³/mol. The molecule has 4 nitrogen and oxygen atoms in total. The predicted octanol–water partition coefficient (Wildman–Crippen LogP) is 4.05. The number of ketones is 1. The molecule has 0 bridgehead atoms. The summed E-state index contributed by atoms with van der Waals surface area (Å²) < 4.78 is 4.81. The van der Waals surface area contributed by atoms with Gasteiger partial charge in [-0.25, -0.2) is 4.79 Å². The lowest BCUT2D eigenvalue weighted by molar-refractivity contribution is -0.135. The summed E-state index contributed by atoms with van der Waals surface area (Å²) in [5.41, 5.74) is 3.81. The van der Waals surface area contributed by atoms with Gasteiger partial charge >= 0.3 is 5.97 Å². The van der Waals surface area contributed by atoms with Crippen LogP contribution < -0.4 is 5.32 Å². The summed E-state index contributed by atoms with van der Waals surface area (Å²) in [6.45, 7) is 5.60. The topological polar surface area (TPSA) is 55.4 Å². The van der Waals surface area contributed by atoms with Gasteiger partial charge in [-0.3, -0.25) is 4.79 Å². The Hall–Kier alpha value is -2.88. The highest BCUT2D eigenvalue weighted by Crippen LogP contribution is 2.19. The van der Waals surface area contributed by atoms with Crippen LogP contribution in [0.4, 0.5) is 5.69 Å². The Labute approximate surface area is 142 Å². The average Bonchev–Trinajstić information content (AvgIpc) is 2.58. The van der Waals surface area contributed by atoms with E-state index in [9.17, 15) is 9.59 Å². The van der Waals surface area contributed by atoms with E-state index in [0.29, 0.717) is 11.3 Å². The molecular weight excluding hydrogens is 302 g/mol. The van der Waals surface area contributed by atoms with Crippen LogP contribution in [0.1, 0.15) is 28.4 Å². The molecule has 0 amide bonds. The fourth-order valence-electron chi connectivity index (χ4n) is 2.35. The van der Waals surface area contributed by atoms with Gasteiger partial charge in [-0.05, 0) is 50.1 Å². The minimum atomic E-state index is -0.654. The molecule has 0 saturated carbocycles. The number of nitrogens with one attached hydrogen (secondary N) is 1. The molecule has 0 unspecified atom stereocenters. The van der Waals surface area contributed by atoms with Gasteiger partial charge in [0.15, 0.2) is 0 Å². The number of aryl methyl sites for hydroxylation is 2. The van der Waals surface area contributed by atoms with Crippen LogP contribution in [-0.2, 0) is 9.53 Å². The molecule has 0 aromatic heterocycles. The maximum absolute atomic E-state index is 12.8. The number of allylic oxidation sites excluding steroid dienone is 1. The van der Waals surface area contributed by atoms with Gasteiger partial charge in [-0.1, -0.05) is 30.3 Å². The molecule has 0 spiro atoms. The number of rotatable bonds is 5. The smallest absolute Gasteiger partial charge is 0.343 e. The van der Waals surface area contributed by atoms with Crippen molar-refractivity contribution in [2.75, 3.05) is 12.4 Å². The Morgan fingerprint density at radius 3 is 2.21 bits per heavy atom. The van der Waals surface area contributed by atoms with Gasteiger partial charge in [0.1, 0.15) is 5.57 Å². The lowest BCUT2D eigenvalue weighted by Gasteiger charge is -2.13. The SMILES string of the molecule is COC(=O)/C(C(=O)c1ccc(C)c(C)c1)=C(/C)Nc1ccccc1. The second-order valence-corrected chi connectivity index (χ2v) is 5.61. The Morgan fingerprint density at radius 2 is 1.62 bits per heavy atom. The number of ether oxygens (including phenoxy) is 1. The second-order valence-electron chi connectivity index (χ2n) is 5.61. The number of carbonyl (C=O) groups is 2. The molecule has 0 heterocycles. The number of hydrogen-bond acceptors (Lipinski definition) is 4. The fourth-order valence-corrected chi connectivity index (χ4v) is 2.35. The van der Waals surface area contributed by atoms with Gasteiger partial charge in [0, 0.05) is 16.9 Å². The molecule has 4 heteroatoms. The number of anilines is 1. The summed E-state index contributed by atoms with van der Waals surface area (Å²) in [5.74, 6) is -1.01. The van der Waals surface area contributed by atoms with Gasteiger partial charge in [-0.15, -0.1) is 0 Å². The standard InChI is InChI=1S/C20H21NO3/c1-13-10-11-16(12-14(13)2)19(22)18(20(23)24-4)15(3)21-17-8-6-5-7-9-17/h5-12,21H,1-4H3/b18-15-. The number of methoxy groups -OCH3 is 1. The van der Waals surface area contributed by atoms with Crippen molar-refractivity contribution in [1.82, 2.24) is 0 Å². The molecule has 0 radical (unpaired) electrons. The van der Waals surface area contributed by atoms with Crippen LogP contribution >= 0.6 is 0 Å². The van der Waals surface area contributed by atoms with Crippen LogP contribution in [-0.4, -0.2) is 18.9 Å². The van der Waals surface area contributed by atoms with Crippen LogP contribution in [0.2, 0.25) is 0 Å². The van der Waals surface area contributed by atoms with Crippen molar-refractivity contribution in [1.29, 1.82) is 0 Å². The summed E-state index contributed by atoms with van der Waals surface area (Å²) in [4.78, 5) is 25.0. The highest BCUT2D eigenvalue weighted by Gasteiger charge is 2.24. The van der Waals surface area contributed by atoms with E-state index in [0.717, 1.165) is 16.8 Å². The maximum atomic E-state index is 12.8. The Balaban J connectivity index is 2.43. The zero-order valence-corrected chi connectivity index (χ0v) is 14.3. The maximum Gasteiger partial charge on any atom is 0.343 e. The van der Waals surface area contributed by atoms with Crippen LogP contribution in [0.25, 0.3) is 0 Å². The van der Waals surface area contributed by atoms with Crippen molar-refractivity contribution in [3.8, 4) is 0 Å². The molecule has 0 aliphatic carbocycles. The van der Waals surface area contributed by atoms with Crippen molar-refractivity contribution in [2.24, 2.45) is 0 Å². The van der Waals surface area contributed by atoms with Gasteiger partial charge in [0.2, 0.25) is 5.78 Å². The Bertz CT molecular complexity index is 792. The number of para-hydroxylation sites is 1. The molecule has 0 fully saturated rings. The monoisotopic (exact) mass is 323 g/mol. The van der Waals surface area contributed by atoms with Gasteiger partial charge in [0.05, 0.1) is 7.11 Å². The van der Waals surface area contributed by atoms with Gasteiger partial charge in [0.25, 0.3) is 0 Å². The van der Waals surface area contributed by atoms with Crippen molar-refractivity contribution in [2.45, 2.75) is 20.8 Å². The third-order valence-electron chi connectivity index (χ3n) is 3.87. The van der Waals surface area contributed by atoms with E-state index in [1.54, 1.807) is 19.1 Å². The average molecular weight is 323 g/mol. The zero-order valence-electron chi connectivity index (χ0n) is 14.3. The van der Waals surface area contributed by atoms with E-state index in [1.165, 1.54) is 7.11 Å². The summed E-state index contributed by atoms with van der Waals surface area (Å²) in [6.07, 6.45) is 0. The lowest BCUT2D eigenvalue weighted by Crippen LogP contribution is -2.19. The molecule has 2 aromatic carbocycles. The largest absolute Gasteiger partial charge is 0.465 e. The van der Waals surface area contributed by atoms with Crippen molar-refractivity contribution in [3.63, 3.8) is 0 Å². The highest BCUT2D eigenvalue weighted by molar-refractivity contribution is 6.24. The lowest BCUT2D eigenvalue weighted by atomic mass is 9.98. The number of carbonyl (C=O) groups excluding carboxylic acids is 2. The molecule has 0 aliphatic heterocycles. The van der Waals surface area contributed by atoms with E-state index in [1.807, 2.05) is 50.2 Å². The molecular formula is C20H21NO3. The molecule has 2 rings (SSSR count). The van der Waals surface area contributed by atoms with E-state index in [4.69, 9.17) is 4.74 Å².